The molecule has 2 aromatic carbocycles. The van der Waals surface area contributed by atoms with E-state index in [1.54, 1.807) is 0 Å². The van der Waals surface area contributed by atoms with E-state index in [1.165, 1.54) is 22.3 Å². The van der Waals surface area contributed by atoms with Crippen LogP contribution in [-0.4, -0.2) is 0 Å². The summed E-state index contributed by atoms with van der Waals surface area (Å²) in [6.07, 6.45) is 0. The highest BCUT2D eigenvalue weighted by Crippen LogP contribution is 2.40. The number of hydrogen-bond donors (Lipinski definition) is 2. The summed E-state index contributed by atoms with van der Waals surface area (Å²) in [6.45, 7) is 8.58. The Hall–Kier alpha value is -1.96. The Morgan fingerprint density at radius 1 is 0.500 bits per heavy atom. The number of aryl methyl sites for hydroxylation is 4. The molecule has 0 spiro atoms. The van der Waals surface area contributed by atoms with Gasteiger partial charge in [-0.2, -0.15) is 0 Å². The van der Waals surface area contributed by atoms with E-state index in [9.17, 15) is 0 Å². The molecule has 2 N–H and O–H groups in total. The van der Waals surface area contributed by atoms with Crippen molar-refractivity contribution >= 4 is 22.7 Å². The maximum absolute atomic E-state index is 3.51. The summed E-state index contributed by atoms with van der Waals surface area (Å²) in [4.78, 5) is 0. The minimum atomic E-state index is 1.16. The number of rotatable bonds is 0. The average Bonchev–Trinajstić information content (AvgIpc) is 2.31. The third kappa shape index (κ3) is 1.65. The second-order valence-electron chi connectivity index (χ2n) is 5.21. The van der Waals surface area contributed by atoms with Crippen LogP contribution < -0.4 is 10.6 Å². The smallest absolute Gasteiger partial charge is 0.0626 e. The summed E-state index contributed by atoms with van der Waals surface area (Å²) in [7, 11) is 0. The third-order valence-electron chi connectivity index (χ3n) is 3.81. The Labute approximate surface area is 108 Å². The van der Waals surface area contributed by atoms with E-state index in [1.807, 2.05) is 0 Å². The Bertz CT molecular complexity index is 531. The molecular formula is C16H18N2. The molecule has 0 aliphatic carbocycles. The maximum atomic E-state index is 3.51. The normalized spacial score (nSPS) is 12.2. The van der Waals surface area contributed by atoms with Gasteiger partial charge in [-0.15, -0.1) is 0 Å². The molecule has 2 aromatic rings. The van der Waals surface area contributed by atoms with Gasteiger partial charge in [0.1, 0.15) is 0 Å². The van der Waals surface area contributed by atoms with E-state index in [0.29, 0.717) is 0 Å². The number of hydrogen-bond acceptors (Lipinski definition) is 2. The first-order valence-corrected chi connectivity index (χ1v) is 6.31. The van der Waals surface area contributed by atoms with E-state index >= 15 is 0 Å². The zero-order chi connectivity index (χ0) is 12.9. The van der Waals surface area contributed by atoms with Crippen LogP contribution in [0.3, 0.4) is 0 Å². The van der Waals surface area contributed by atoms with Crippen LogP contribution in [0.2, 0.25) is 0 Å². The van der Waals surface area contributed by atoms with Gasteiger partial charge in [-0.1, -0.05) is 0 Å². The first-order chi connectivity index (χ1) is 8.54. The summed E-state index contributed by atoms with van der Waals surface area (Å²) in [6, 6.07) is 8.82. The molecule has 0 atom stereocenters. The molecule has 0 saturated carbocycles. The highest BCUT2D eigenvalue weighted by Gasteiger charge is 2.15. The Balaban J connectivity index is 2.12. The van der Waals surface area contributed by atoms with Crippen molar-refractivity contribution < 1.29 is 0 Å². The van der Waals surface area contributed by atoms with Crippen LogP contribution in [0.1, 0.15) is 22.3 Å². The first-order valence-electron chi connectivity index (χ1n) is 6.31. The van der Waals surface area contributed by atoms with E-state index in [2.05, 4.69) is 62.6 Å². The molecule has 0 fully saturated rings. The van der Waals surface area contributed by atoms with Gasteiger partial charge in [-0.25, -0.2) is 0 Å². The predicted octanol–water partition coefficient (Wildman–Crippen LogP) is 4.72. The molecule has 1 aliphatic rings. The Morgan fingerprint density at radius 3 is 0.944 bits per heavy atom. The molecule has 2 nitrogen and oxygen atoms in total. The fourth-order valence-corrected chi connectivity index (χ4v) is 2.34. The Morgan fingerprint density at radius 2 is 0.722 bits per heavy atom. The summed E-state index contributed by atoms with van der Waals surface area (Å²) in [5.74, 6) is 0. The van der Waals surface area contributed by atoms with Crippen LogP contribution in [0.25, 0.3) is 0 Å². The molecule has 2 heteroatoms. The molecule has 92 valence electrons. The fraction of sp³-hybridized carbons (Fsp3) is 0.250. The molecule has 18 heavy (non-hydrogen) atoms. The van der Waals surface area contributed by atoms with Crippen LogP contribution in [0.5, 0.6) is 0 Å². The minimum absolute atomic E-state index is 1.16. The number of anilines is 4. The average molecular weight is 238 g/mol. The van der Waals surface area contributed by atoms with Crippen LogP contribution in [0.15, 0.2) is 24.3 Å². The van der Waals surface area contributed by atoms with Gasteiger partial charge in [0.2, 0.25) is 0 Å². The zero-order valence-corrected chi connectivity index (χ0v) is 11.3. The lowest BCUT2D eigenvalue weighted by Crippen LogP contribution is -2.08. The maximum Gasteiger partial charge on any atom is 0.0626 e. The Kier molecular flexibility index (Phi) is 2.34. The van der Waals surface area contributed by atoms with Gasteiger partial charge in [0, 0.05) is 0 Å². The number of benzene rings is 2. The summed E-state index contributed by atoms with van der Waals surface area (Å²) >= 11 is 0. The highest BCUT2D eigenvalue weighted by atomic mass is 15.0. The molecular weight excluding hydrogens is 220 g/mol. The van der Waals surface area contributed by atoms with Crippen LogP contribution in [0, 0.1) is 27.7 Å². The third-order valence-corrected chi connectivity index (χ3v) is 3.81. The lowest BCUT2D eigenvalue weighted by Gasteiger charge is -2.25. The molecule has 0 amide bonds. The van der Waals surface area contributed by atoms with Crippen molar-refractivity contribution in [2.75, 3.05) is 10.6 Å². The largest absolute Gasteiger partial charge is 0.352 e. The first kappa shape index (κ1) is 11.1. The van der Waals surface area contributed by atoms with Crippen molar-refractivity contribution in [3.05, 3.63) is 46.5 Å². The lowest BCUT2D eigenvalue weighted by molar-refractivity contribution is 1.29. The molecule has 0 unspecified atom stereocenters. The summed E-state index contributed by atoms with van der Waals surface area (Å²) in [5.41, 5.74) is 9.90. The van der Waals surface area contributed by atoms with E-state index < -0.39 is 0 Å². The SMILES string of the molecule is Cc1cc2c(cc1C)Nc1cc(C)c(C)cc1N2. The van der Waals surface area contributed by atoms with Gasteiger partial charge < -0.3 is 10.6 Å². The van der Waals surface area contributed by atoms with Crippen LogP contribution in [0.4, 0.5) is 22.7 Å². The molecule has 0 saturated heterocycles. The summed E-state index contributed by atoms with van der Waals surface area (Å²) < 4.78 is 0. The van der Waals surface area contributed by atoms with Crippen molar-refractivity contribution in [1.82, 2.24) is 0 Å². The van der Waals surface area contributed by atoms with Gasteiger partial charge in [0.15, 0.2) is 0 Å². The monoisotopic (exact) mass is 238 g/mol. The van der Waals surface area contributed by atoms with Gasteiger partial charge in [-0.05, 0) is 74.2 Å². The second-order valence-corrected chi connectivity index (χ2v) is 5.21. The van der Waals surface area contributed by atoms with E-state index in [-0.39, 0.29) is 0 Å². The van der Waals surface area contributed by atoms with Crippen LogP contribution >= 0.6 is 0 Å². The van der Waals surface area contributed by atoms with E-state index in [0.717, 1.165) is 22.7 Å². The van der Waals surface area contributed by atoms with Crippen molar-refractivity contribution in [2.45, 2.75) is 27.7 Å². The van der Waals surface area contributed by atoms with Crippen molar-refractivity contribution in [2.24, 2.45) is 0 Å². The van der Waals surface area contributed by atoms with Gasteiger partial charge in [-0.3, -0.25) is 0 Å². The van der Waals surface area contributed by atoms with Crippen molar-refractivity contribution in [1.29, 1.82) is 0 Å². The van der Waals surface area contributed by atoms with Gasteiger partial charge >= 0.3 is 0 Å². The molecule has 1 heterocycles. The summed E-state index contributed by atoms with van der Waals surface area (Å²) in [5, 5.41) is 7.03. The van der Waals surface area contributed by atoms with Gasteiger partial charge in [0.25, 0.3) is 0 Å². The topological polar surface area (TPSA) is 24.1 Å². The molecule has 0 bridgehead atoms. The highest BCUT2D eigenvalue weighted by molar-refractivity contribution is 5.91. The second kappa shape index (κ2) is 3.77. The van der Waals surface area contributed by atoms with Crippen LogP contribution in [-0.2, 0) is 0 Å². The van der Waals surface area contributed by atoms with Crippen molar-refractivity contribution in [3.8, 4) is 0 Å². The molecule has 1 aliphatic heterocycles. The van der Waals surface area contributed by atoms with E-state index in [4.69, 9.17) is 0 Å². The predicted molar refractivity (Wildman–Crippen MR) is 78.4 cm³/mol. The number of nitrogens with one attached hydrogen (secondary N) is 2. The standard InChI is InChI=1S/C16H18N2/c1-9-5-13-14(6-10(9)2)18-16-8-12(4)11(3)7-15(16)17-13/h5-8,17-18H,1-4H3. The molecule has 0 aromatic heterocycles. The quantitative estimate of drug-likeness (QED) is 0.592. The molecule has 0 radical (unpaired) electrons. The van der Waals surface area contributed by atoms with Crippen molar-refractivity contribution in [3.63, 3.8) is 0 Å². The molecule has 3 rings (SSSR count). The lowest BCUT2D eigenvalue weighted by atomic mass is 10.0. The number of fused-ring (bicyclic) bond motifs is 2. The minimum Gasteiger partial charge on any atom is -0.352 e. The zero-order valence-electron chi connectivity index (χ0n) is 11.3. The van der Waals surface area contributed by atoms with Gasteiger partial charge in [0.05, 0.1) is 22.7 Å². The fourth-order valence-electron chi connectivity index (χ4n) is 2.34.